The van der Waals surface area contributed by atoms with E-state index >= 15 is 0 Å². The Morgan fingerprint density at radius 3 is 2.67 bits per heavy atom. The number of carbonyl (C=O) groups excluding carboxylic acids is 1. The second-order valence-corrected chi connectivity index (χ2v) is 13.6. The van der Waals surface area contributed by atoms with Crippen LogP contribution in [0, 0.1) is 0 Å². The average Bonchev–Trinajstić information content (AvgIpc) is 3.53. The second-order valence-electron chi connectivity index (χ2n) is 11.8. The van der Waals surface area contributed by atoms with E-state index in [1.165, 1.54) is 34.0 Å². The van der Waals surface area contributed by atoms with E-state index in [1.54, 1.807) is 18.2 Å². The van der Waals surface area contributed by atoms with Gasteiger partial charge in [0.05, 0.1) is 29.4 Å². The fraction of sp³-hybridized carbons (Fsp3) is 0.424. The van der Waals surface area contributed by atoms with E-state index in [-0.39, 0.29) is 10.8 Å². The number of hydrogen-bond acceptors (Lipinski definition) is 5. The fourth-order valence-electron chi connectivity index (χ4n) is 6.98. The summed E-state index contributed by atoms with van der Waals surface area (Å²) in [7, 11) is -3.80. The molecule has 1 fully saturated rings. The van der Waals surface area contributed by atoms with Crippen molar-refractivity contribution in [1.82, 2.24) is 9.88 Å². The molecule has 220 valence electrons. The standard InChI is InChI=1S/C33H38N4O4S/c38-33-28(22-31-26(25-9-2-3-11-29(25)34-31)10-6-15-36-17-19-41-20-18-36)27-21-24(13-14-30(27)35-33)42(39,40)37-16-5-8-23-7-1-4-12-32(23)37/h1,4,7,12-14,21-22,34H,2-3,5-6,8-11,15-20H2,(H,35,38). The molecule has 8 nitrogen and oxygen atoms in total. The third-order valence-electron chi connectivity index (χ3n) is 9.17. The van der Waals surface area contributed by atoms with Crippen LogP contribution in [0.4, 0.5) is 11.4 Å². The molecule has 2 aromatic carbocycles. The third kappa shape index (κ3) is 5.08. The first-order valence-electron chi connectivity index (χ1n) is 15.3. The highest BCUT2D eigenvalue weighted by Gasteiger charge is 2.32. The SMILES string of the molecule is O=C1Nc2ccc(S(=O)(=O)N3CCCc4ccccc43)cc2C1=Cc1[nH]c2c(c1CCCN1CCOCC1)CCCC2. The number of amides is 1. The number of aryl methyl sites for hydroxylation is 2. The number of H-pyrrole nitrogens is 1. The van der Waals surface area contributed by atoms with E-state index in [1.807, 2.05) is 30.3 Å². The molecular formula is C33H38N4O4S. The van der Waals surface area contributed by atoms with Crippen LogP contribution in [-0.2, 0) is 45.2 Å². The van der Waals surface area contributed by atoms with Crippen molar-refractivity contribution in [2.24, 2.45) is 0 Å². The minimum atomic E-state index is -3.80. The first-order valence-corrected chi connectivity index (χ1v) is 16.7. The lowest BCUT2D eigenvalue weighted by Gasteiger charge is -2.30. The quantitative estimate of drug-likeness (QED) is 0.388. The number of nitrogens with one attached hydrogen (secondary N) is 2. The Kier molecular flexibility index (Phi) is 7.42. The van der Waals surface area contributed by atoms with Gasteiger partial charge in [-0.2, -0.15) is 0 Å². The molecule has 3 aliphatic heterocycles. The molecule has 1 saturated heterocycles. The molecule has 0 unspecified atom stereocenters. The van der Waals surface area contributed by atoms with E-state index < -0.39 is 10.0 Å². The molecule has 3 aromatic rings. The lowest BCUT2D eigenvalue weighted by molar-refractivity contribution is -0.110. The van der Waals surface area contributed by atoms with Crippen LogP contribution in [0.1, 0.15) is 59.3 Å². The van der Waals surface area contributed by atoms with Crippen LogP contribution in [0.15, 0.2) is 47.4 Å². The number of rotatable bonds is 7. The van der Waals surface area contributed by atoms with Crippen LogP contribution in [0.25, 0.3) is 11.6 Å². The molecule has 2 N–H and O–H groups in total. The van der Waals surface area contributed by atoms with E-state index in [4.69, 9.17) is 4.74 Å². The van der Waals surface area contributed by atoms with E-state index in [0.717, 1.165) is 88.3 Å². The number of fused-ring (bicyclic) bond motifs is 3. The van der Waals surface area contributed by atoms with Crippen molar-refractivity contribution in [3.8, 4) is 0 Å². The number of ether oxygens (including phenoxy) is 1. The summed E-state index contributed by atoms with van der Waals surface area (Å²) in [6.07, 6.45) is 10.0. The number of carbonyl (C=O) groups is 1. The lowest BCUT2D eigenvalue weighted by Crippen LogP contribution is -2.37. The van der Waals surface area contributed by atoms with Crippen molar-refractivity contribution in [2.75, 3.05) is 49.0 Å². The summed E-state index contributed by atoms with van der Waals surface area (Å²) in [5.74, 6) is -0.199. The average molecular weight is 587 g/mol. The molecule has 1 aromatic heterocycles. The summed E-state index contributed by atoms with van der Waals surface area (Å²) in [4.78, 5) is 19.6. The molecule has 0 atom stereocenters. The van der Waals surface area contributed by atoms with E-state index in [2.05, 4.69) is 15.2 Å². The van der Waals surface area contributed by atoms with E-state index in [9.17, 15) is 13.2 Å². The minimum Gasteiger partial charge on any atom is -0.379 e. The molecule has 1 amide bonds. The summed E-state index contributed by atoms with van der Waals surface area (Å²) in [5.41, 5.74) is 8.57. The van der Waals surface area contributed by atoms with Gasteiger partial charge in [-0.3, -0.25) is 14.0 Å². The maximum Gasteiger partial charge on any atom is 0.264 e. The van der Waals surface area contributed by atoms with Gasteiger partial charge in [-0.15, -0.1) is 0 Å². The Hall–Kier alpha value is -3.40. The fourth-order valence-corrected chi connectivity index (χ4v) is 8.55. The first kappa shape index (κ1) is 27.4. The molecule has 42 heavy (non-hydrogen) atoms. The zero-order chi connectivity index (χ0) is 28.7. The van der Waals surface area contributed by atoms with Crippen LogP contribution in [-0.4, -0.2) is 63.6 Å². The summed E-state index contributed by atoms with van der Waals surface area (Å²) in [6.45, 7) is 5.03. The van der Waals surface area contributed by atoms with Gasteiger partial charge in [0, 0.05) is 42.3 Å². The second kappa shape index (κ2) is 11.4. The van der Waals surface area contributed by atoms with Crippen molar-refractivity contribution < 1.29 is 17.9 Å². The number of hydrogen-bond donors (Lipinski definition) is 2. The van der Waals surface area contributed by atoms with Gasteiger partial charge >= 0.3 is 0 Å². The minimum absolute atomic E-state index is 0.199. The molecule has 9 heteroatoms. The first-order chi connectivity index (χ1) is 20.5. The summed E-state index contributed by atoms with van der Waals surface area (Å²) < 4.78 is 34.9. The maximum atomic E-state index is 13.9. The maximum absolute atomic E-state index is 13.9. The van der Waals surface area contributed by atoms with Crippen molar-refractivity contribution in [3.05, 3.63) is 76.1 Å². The number of aromatic amines is 1. The summed E-state index contributed by atoms with van der Waals surface area (Å²) in [5, 5.41) is 2.96. The van der Waals surface area contributed by atoms with Crippen LogP contribution in [0.3, 0.4) is 0 Å². The van der Waals surface area contributed by atoms with Crippen LogP contribution in [0.2, 0.25) is 0 Å². The Bertz CT molecular complexity index is 1650. The van der Waals surface area contributed by atoms with Crippen molar-refractivity contribution >= 4 is 39.0 Å². The molecule has 1 aliphatic carbocycles. The monoisotopic (exact) mass is 586 g/mol. The highest BCUT2D eigenvalue weighted by atomic mass is 32.2. The smallest absolute Gasteiger partial charge is 0.264 e. The number of anilines is 2. The van der Waals surface area contributed by atoms with Crippen molar-refractivity contribution in [2.45, 2.75) is 56.3 Å². The highest BCUT2D eigenvalue weighted by Crippen LogP contribution is 2.39. The van der Waals surface area contributed by atoms with Crippen LogP contribution >= 0.6 is 0 Å². The molecule has 0 radical (unpaired) electrons. The molecule has 0 spiro atoms. The Balaban J connectivity index is 1.21. The number of para-hydroxylation sites is 1. The molecule has 4 aliphatic rings. The predicted molar refractivity (Wildman–Crippen MR) is 165 cm³/mol. The number of morpholine rings is 1. The molecule has 0 saturated carbocycles. The summed E-state index contributed by atoms with van der Waals surface area (Å²) >= 11 is 0. The van der Waals surface area contributed by atoms with Gasteiger partial charge in [-0.05, 0) is 105 Å². The van der Waals surface area contributed by atoms with Crippen molar-refractivity contribution in [3.63, 3.8) is 0 Å². The zero-order valence-electron chi connectivity index (χ0n) is 24.0. The van der Waals surface area contributed by atoms with Gasteiger partial charge < -0.3 is 15.0 Å². The third-order valence-corrected chi connectivity index (χ3v) is 11.0. The van der Waals surface area contributed by atoms with Gasteiger partial charge in [0.1, 0.15) is 0 Å². The molecular weight excluding hydrogens is 548 g/mol. The Labute approximate surface area is 247 Å². The van der Waals surface area contributed by atoms with Gasteiger partial charge in [0.2, 0.25) is 0 Å². The van der Waals surface area contributed by atoms with Gasteiger partial charge in [0.15, 0.2) is 0 Å². The number of benzene rings is 2. The normalized spacial score (nSPS) is 19.9. The van der Waals surface area contributed by atoms with Gasteiger partial charge in [-0.1, -0.05) is 18.2 Å². The Morgan fingerprint density at radius 2 is 1.79 bits per heavy atom. The predicted octanol–water partition coefficient (Wildman–Crippen LogP) is 4.79. The molecule has 7 rings (SSSR count). The van der Waals surface area contributed by atoms with Gasteiger partial charge in [0.25, 0.3) is 15.9 Å². The zero-order valence-corrected chi connectivity index (χ0v) is 24.8. The topological polar surface area (TPSA) is 94.7 Å². The molecule has 0 bridgehead atoms. The van der Waals surface area contributed by atoms with Crippen molar-refractivity contribution in [1.29, 1.82) is 0 Å². The van der Waals surface area contributed by atoms with Gasteiger partial charge in [-0.25, -0.2) is 8.42 Å². The largest absolute Gasteiger partial charge is 0.379 e. The van der Waals surface area contributed by atoms with Crippen LogP contribution < -0.4 is 9.62 Å². The molecule has 4 heterocycles. The Morgan fingerprint density at radius 1 is 0.952 bits per heavy atom. The number of aromatic nitrogens is 1. The van der Waals surface area contributed by atoms with E-state index in [0.29, 0.717) is 23.4 Å². The lowest BCUT2D eigenvalue weighted by atomic mass is 9.92. The number of sulfonamides is 1. The summed E-state index contributed by atoms with van der Waals surface area (Å²) in [6, 6.07) is 12.7. The van der Waals surface area contributed by atoms with Crippen LogP contribution in [0.5, 0.6) is 0 Å². The highest BCUT2D eigenvalue weighted by molar-refractivity contribution is 7.92. The number of nitrogens with zero attached hydrogens (tertiary/aromatic N) is 2.